The van der Waals surface area contributed by atoms with E-state index in [-0.39, 0.29) is 44.7 Å². The number of carboxylic acids is 1. The lowest BCUT2D eigenvalue weighted by atomic mass is 9.95. The van der Waals surface area contributed by atoms with Gasteiger partial charge in [0.15, 0.2) is 0 Å². The van der Waals surface area contributed by atoms with Crippen LogP contribution in [0, 0.1) is 11.8 Å². The number of amides is 8. The van der Waals surface area contributed by atoms with Crippen LogP contribution in [0.3, 0.4) is 0 Å². The summed E-state index contributed by atoms with van der Waals surface area (Å²) in [5, 5.41) is 23.3. The van der Waals surface area contributed by atoms with E-state index in [1.807, 2.05) is 57.2 Å². The third-order valence-corrected chi connectivity index (χ3v) is 11.2. The number of carboxylic acid groups (broad SMARTS) is 1. The number of urea groups is 1. The normalized spacial score (nSPS) is 22.2. The first-order valence-electron chi connectivity index (χ1n) is 21.6. The Morgan fingerprint density at radius 2 is 1.47 bits per heavy atom. The monoisotopic (exact) mass is 862 g/mol. The van der Waals surface area contributed by atoms with Crippen LogP contribution in [0.2, 0.25) is 0 Å². The smallest absolute Gasteiger partial charge is 0.326 e. The summed E-state index contributed by atoms with van der Waals surface area (Å²) < 4.78 is 0. The SMILES string of the molecule is CCC(C)C1NC(=O)C(NC(=O)NC(CC(C)C)C(=O)O)CCCCNC(=O)C(Cc2ccccc2)NC(=O)C(CC(N)=O)N(C)C(=O)C(CCc2ccccc2)N(CC)C1=O. The van der Waals surface area contributed by atoms with Crippen LogP contribution in [0.15, 0.2) is 60.7 Å². The van der Waals surface area contributed by atoms with Crippen molar-refractivity contribution >= 4 is 47.4 Å². The number of aryl methyl sites for hydroxylation is 1. The number of nitrogens with zero attached hydrogens (tertiary/aromatic N) is 2. The Morgan fingerprint density at radius 1 is 0.839 bits per heavy atom. The Hall–Kier alpha value is -6.00. The molecule has 0 spiro atoms. The molecule has 1 fully saturated rings. The van der Waals surface area contributed by atoms with E-state index >= 15 is 0 Å². The van der Waals surface area contributed by atoms with Crippen LogP contribution in [0.4, 0.5) is 4.79 Å². The maximum Gasteiger partial charge on any atom is 0.326 e. The second kappa shape index (κ2) is 25.1. The van der Waals surface area contributed by atoms with Crippen LogP contribution in [0.1, 0.15) is 90.7 Å². The van der Waals surface area contributed by atoms with Crippen LogP contribution in [-0.2, 0) is 46.4 Å². The lowest BCUT2D eigenvalue weighted by molar-refractivity contribution is -0.151. The summed E-state index contributed by atoms with van der Waals surface area (Å²) in [5.41, 5.74) is 7.25. The van der Waals surface area contributed by atoms with Crippen molar-refractivity contribution in [2.45, 2.75) is 129 Å². The maximum absolute atomic E-state index is 14.8. The molecule has 1 aliphatic rings. The summed E-state index contributed by atoms with van der Waals surface area (Å²) in [6.45, 7) is 9.07. The van der Waals surface area contributed by atoms with E-state index in [2.05, 4.69) is 26.6 Å². The Balaban J connectivity index is 2.14. The van der Waals surface area contributed by atoms with Gasteiger partial charge in [-0.15, -0.1) is 0 Å². The van der Waals surface area contributed by atoms with Crippen molar-refractivity contribution in [3.63, 3.8) is 0 Å². The molecule has 2 aromatic rings. The van der Waals surface area contributed by atoms with Gasteiger partial charge in [0, 0.05) is 26.6 Å². The fourth-order valence-electron chi connectivity index (χ4n) is 7.45. The van der Waals surface area contributed by atoms with Gasteiger partial charge in [-0.05, 0) is 68.4 Å². The Kier molecular flexibility index (Phi) is 20.4. The third kappa shape index (κ3) is 15.5. The number of likely N-dealkylation sites (N-methyl/N-ethyl adjacent to an activating group) is 2. The molecule has 17 heteroatoms. The molecule has 1 aliphatic heterocycles. The predicted molar refractivity (Wildman–Crippen MR) is 233 cm³/mol. The number of rotatable bonds is 15. The Labute approximate surface area is 364 Å². The molecule has 8 amide bonds. The van der Waals surface area contributed by atoms with Crippen LogP contribution < -0.4 is 32.3 Å². The molecule has 0 radical (unpaired) electrons. The van der Waals surface area contributed by atoms with Crippen molar-refractivity contribution in [2.75, 3.05) is 20.1 Å². The van der Waals surface area contributed by atoms with Gasteiger partial charge in [-0.1, -0.05) is 94.8 Å². The zero-order valence-electron chi connectivity index (χ0n) is 36.9. The number of nitrogens with one attached hydrogen (secondary N) is 5. The van der Waals surface area contributed by atoms with Gasteiger partial charge in [0.25, 0.3) is 0 Å². The average molecular weight is 863 g/mol. The molecule has 0 bridgehead atoms. The van der Waals surface area contributed by atoms with Gasteiger partial charge in [0.2, 0.25) is 35.4 Å². The Bertz CT molecular complexity index is 1830. The first-order valence-corrected chi connectivity index (χ1v) is 21.6. The minimum atomic E-state index is -1.45. The highest BCUT2D eigenvalue weighted by molar-refractivity contribution is 5.98. The number of nitrogens with two attached hydrogens (primary N) is 1. The summed E-state index contributed by atoms with van der Waals surface area (Å²) in [4.78, 5) is 112. The number of hydrogen-bond donors (Lipinski definition) is 7. The summed E-state index contributed by atoms with van der Waals surface area (Å²) in [6, 6.07) is 9.99. The van der Waals surface area contributed by atoms with Gasteiger partial charge in [-0.3, -0.25) is 28.8 Å². The highest BCUT2D eigenvalue weighted by atomic mass is 16.4. The van der Waals surface area contributed by atoms with Crippen molar-refractivity contribution in [1.82, 2.24) is 36.4 Å². The molecule has 0 saturated carbocycles. The molecule has 0 aliphatic carbocycles. The molecule has 8 N–H and O–H groups in total. The summed E-state index contributed by atoms with van der Waals surface area (Å²) in [5.74, 6) is -5.89. The zero-order chi connectivity index (χ0) is 45.9. The minimum Gasteiger partial charge on any atom is -0.480 e. The lowest BCUT2D eigenvalue weighted by Gasteiger charge is -2.38. The standard InChI is InChI=1S/C45H66N8O9/c1-7-29(5)38-43(59)53(8-2)35(23-22-30-17-11-9-12-18-30)42(58)52(6)36(27-37(46)54)41(57)48-33(26-31-19-13-10-14-20-31)39(55)47-24-16-15-21-32(40(56)51-38)49-45(62)50-34(44(60)61)25-28(3)4/h9-14,17-20,28-29,32-36,38H,7-8,15-16,21-27H2,1-6H3,(H2,46,54)(H,47,55)(H,48,57)(H,51,56)(H,60,61)(H2,49,50,62). The second-order valence-corrected chi connectivity index (χ2v) is 16.4. The van der Waals surface area contributed by atoms with Crippen molar-refractivity contribution in [3.05, 3.63) is 71.8 Å². The van der Waals surface area contributed by atoms with Gasteiger partial charge in [0.1, 0.15) is 36.3 Å². The lowest BCUT2D eigenvalue weighted by Crippen LogP contribution is -2.62. The first kappa shape index (κ1) is 50.4. The van der Waals surface area contributed by atoms with Crippen molar-refractivity contribution in [3.8, 4) is 0 Å². The topological polar surface area (TPSA) is 249 Å². The van der Waals surface area contributed by atoms with Gasteiger partial charge < -0.3 is 47.2 Å². The number of primary amides is 1. The van der Waals surface area contributed by atoms with Crippen molar-refractivity contribution in [2.24, 2.45) is 17.6 Å². The predicted octanol–water partition coefficient (Wildman–Crippen LogP) is 2.26. The molecule has 3 rings (SSSR count). The molecular weight excluding hydrogens is 797 g/mol. The van der Waals surface area contributed by atoms with E-state index in [4.69, 9.17) is 5.73 Å². The van der Waals surface area contributed by atoms with Crippen LogP contribution >= 0.6 is 0 Å². The van der Waals surface area contributed by atoms with Crippen LogP contribution in [0.25, 0.3) is 0 Å². The minimum absolute atomic E-state index is 0.0171. The highest BCUT2D eigenvalue weighted by Gasteiger charge is 2.41. The van der Waals surface area contributed by atoms with E-state index in [0.717, 1.165) is 16.0 Å². The van der Waals surface area contributed by atoms with Crippen LogP contribution in [-0.4, -0.2) is 119 Å². The fourth-order valence-corrected chi connectivity index (χ4v) is 7.45. The number of carbonyl (C=O) groups excluding carboxylic acids is 7. The number of benzene rings is 2. The number of hydrogen-bond acceptors (Lipinski definition) is 8. The molecule has 2 aromatic carbocycles. The maximum atomic E-state index is 14.8. The molecule has 0 aromatic heterocycles. The second-order valence-electron chi connectivity index (χ2n) is 16.4. The van der Waals surface area contributed by atoms with Crippen molar-refractivity contribution < 1.29 is 43.5 Å². The van der Waals surface area contributed by atoms with E-state index in [9.17, 15) is 43.5 Å². The summed E-state index contributed by atoms with van der Waals surface area (Å²) in [6.07, 6.45) is 1.21. The molecular formula is C45H66N8O9. The number of carbonyl (C=O) groups is 8. The van der Waals surface area contributed by atoms with E-state index in [0.29, 0.717) is 25.7 Å². The quantitative estimate of drug-likeness (QED) is 0.139. The van der Waals surface area contributed by atoms with E-state index in [1.165, 1.54) is 11.9 Å². The molecule has 1 heterocycles. The molecule has 1 saturated heterocycles. The van der Waals surface area contributed by atoms with Crippen molar-refractivity contribution in [1.29, 1.82) is 0 Å². The molecule has 340 valence electrons. The molecule has 17 nitrogen and oxygen atoms in total. The van der Waals surface area contributed by atoms with E-state index < -0.39 is 96.0 Å². The van der Waals surface area contributed by atoms with Gasteiger partial charge in [-0.25, -0.2) is 9.59 Å². The largest absolute Gasteiger partial charge is 0.480 e. The van der Waals surface area contributed by atoms with Gasteiger partial charge in [0.05, 0.1) is 6.42 Å². The molecule has 7 atom stereocenters. The molecule has 7 unspecified atom stereocenters. The van der Waals surface area contributed by atoms with Gasteiger partial charge in [-0.2, -0.15) is 0 Å². The third-order valence-electron chi connectivity index (χ3n) is 11.2. The molecule has 62 heavy (non-hydrogen) atoms. The number of aliphatic carboxylic acids is 1. The average Bonchev–Trinajstić information content (AvgIpc) is 3.24. The van der Waals surface area contributed by atoms with Crippen LogP contribution in [0.5, 0.6) is 0 Å². The Morgan fingerprint density at radius 3 is 2.03 bits per heavy atom. The van der Waals surface area contributed by atoms with Gasteiger partial charge >= 0.3 is 12.0 Å². The zero-order valence-corrected chi connectivity index (χ0v) is 36.9. The fraction of sp³-hybridized carbons (Fsp3) is 0.556. The summed E-state index contributed by atoms with van der Waals surface area (Å²) >= 11 is 0. The highest BCUT2D eigenvalue weighted by Crippen LogP contribution is 2.21. The summed E-state index contributed by atoms with van der Waals surface area (Å²) in [7, 11) is 1.35. The van der Waals surface area contributed by atoms with E-state index in [1.54, 1.807) is 38.1 Å². The first-order chi connectivity index (χ1) is 29.5.